The molecule has 0 saturated carbocycles. The van der Waals surface area contributed by atoms with Gasteiger partial charge < -0.3 is 10.2 Å². The van der Waals surface area contributed by atoms with Gasteiger partial charge in [-0.3, -0.25) is 13.9 Å². The maximum atomic E-state index is 13.6. The first kappa shape index (κ1) is 27.7. The summed E-state index contributed by atoms with van der Waals surface area (Å²) in [7, 11) is -3.80. The van der Waals surface area contributed by atoms with Gasteiger partial charge in [0.05, 0.1) is 11.9 Å². The zero-order valence-corrected chi connectivity index (χ0v) is 22.2. The average molecular weight is 508 g/mol. The van der Waals surface area contributed by atoms with Crippen molar-refractivity contribution in [3.63, 3.8) is 0 Å². The summed E-state index contributed by atoms with van der Waals surface area (Å²) in [6, 6.07) is 11.7. The molecular weight excluding hydrogens is 474 g/mol. The van der Waals surface area contributed by atoms with Gasteiger partial charge in [-0.15, -0.1) is 0 Å². The highest BCUT2D eigenvalue weighted by atomic mass is 35.5. The molecule has 2 rings (SSSR count). The number of rotatable bonds is 10. The number of carbonyl (C=O) groups is 2. The van der Waals surface area contributed by atoms with E-state index in [9.17, 15) is 18.0 Å². The van der Waals surface area contributed by atoms with Crippen LogP contribution in [0.1, 0.15) is 43.9 Å². The molecule has 0 spiro atoms. The van der Waals surface area contributed by atoms with E-state index in [2.05, 4.69) is 5.32 Å². The Kier molecular flexibility index (Phi) is 9.53. The molecule has 0 aliphatic rings. The molecule has 0 aliphatic heterocycles. The van der Waals surface area contributed by atoms with Gasteiger partial charge in [-0.05, 0) is 57.4 Å². The highest BCUT2D eigenvalue weighted by Gasteiger charge is 2.32. The number of hydrogen-bond donors (Lipinski definition) is 1. The Labute approximate surface area is 208 Å². The predicted molar refractivity (Wildman–Crippen MR) is 137 cm³/mol. The fourth-order valence-electron chi connectivity index (χ4n) is 3.66. The quantitative estimate of drug-likeness (QED) is 0.525. The van der Waals surface area contributed by atoms with Crippen LogP contribution in [0.5, 0.6) is 0 Å². The Morgan fingerprint density at radius 2 is 1.76 bits per heavy atom. The third kappa shape index (κ3) is 7.46. The van der Waals surface area contributed by atoms with Crippen molar-refractivity contribution in [3.8, 4) is 0 Å². The molecule has 0 fully saturated rings. The molecule has 9 heteroatoms. The van der Waals surface area contributed by atoms with E-state index < -0.39 is 28.5 Å². The summed E-state index contributed by atoms with van der Waals surface area (Å²) in [5.74, 6) is -0.753. The molecule has 2 aromatic rings. The first-order chi connectivity index (χ1) is 15.8. The summed E-state index contributed by atoms with van der Waals surface area (Å²) in [5.41, 5.74) is 2.97. The smallest absolute Gasteiger partial charge is 0.244 e. The topological polar surface area (TPSA) is 86.8 Å². The predicted octanol–water partition coefficient (Wildman–Crippen LogP) is 4.05. The van der Waals surface area contributed by atoms with E-state index in [0.717, 1.165) is 27.3 Å². The second-order valence-electron chi connectivity index (χ2n) is 8.80. The molecule has 0 aromatic heterocycles. The summed E-state index contributed by atoms with van der Waals surface area (Å²) < 4.78 is 26.3. The Bertz CT molecular complexity index is 1130. The number of nitrogens with zero attached hydrogens (tertiary/aromatic N) is 2. The largest absolute Gasteiger partial charge is 0.352 e. The maximum absolute atomic E-state index is 13.6. The van der Waals surface area contributed by atoms with Crippen molar-refractivity contribution in [2.45, 2.75) is 59.7 Å². The minimum absolute atomic E-state index is 0.0975. The standard InChI is InChI=1S/C25H34ClN3O4S/c1-7-23(25(31)27-17(2)3)28(15-20-10-8-9-18(4)13-20)24(30)16-29(34(6,32)33)21-12-11-19(5)22(26)14-21/h8-14,17,23H,7,15-16H2,1-6H3,(H,27,31)/t23-/m0/s1. The summed E-state index contributed by atoms with van der Waals surface area (Å²) in [5, 5.41) is 3.27. The lowest BCUT2D eigenvalue weighted by Gasteiger charge is -2.33. The highest BCUT2D eigenvalue weighted by Crippen LogP contribution is 2.25. The van der Waals surface area contributed by atoms with Crippen LogP contribution in [0.4, 0.5) is 5.69 Å². The molecule has 0 bridgehead atoms. The van der Waals surface area contributed by atoms with Gasteiger partial charge >= 0.3 is 0 Å². The van der Waals surface area contributed by atoms with Gasteiger partial charge in [0.2, 0.25) is 21.8 Å². The van der Waals surface area contributed by atoms with Gasteiger partial charge in [-0.1, -0.05) is 54.4 Å². The van der Waals surface area contributed by atoms with Gasteiger partial charge in [0.1, 0.15) is 12.6 Å². The van der Waals surface area contributed by atoms with E-state index in [1.807, 2.05) is 58.9 Å². The number of amides is 2. The van der Waals surface area contributed by atoms with Crippen LogP contribution in [0.2, 0.25) is 5.02 Å². The number of anilines is 1. The lowest BCUT2D eigenvalue weighted by atomic mass is 10.1. The molecule has 1 N–H and O–H groups in total. The first-order valence-electron chi connectivity index (χ1n) is 11.2. The molecule has 0 aliphatic carbocycles. The van der Waals surface area contributed by atoms with Crippen molar-refractivity contribution >= 4 is 39.1 Å². The van der Waals surface area contributed by atoms with Crippen molar-refractivity contribution < 1.29 is 18.0 Å². The summed E-state index contributed by atoms with van der Waals surface area (Å²) >= 11 is 6.22. The minimum atomic E-state index is -3.80. The molecule has 186 valence electrons. The van der Waals surface area contributed by atoms with Gasteiger partial charge in [0.25, 0.3) is 0 Å². The molecule has 0 radical (unpaired) electrons. The summed E-state index contributed by atoms with van der Waals surface area (Å²) in [6.07, 6.45) is 1.42. The number of benzene rings is 2. The summed E-state index contributed by atoms with van der Waals surface area (Å²) in [6.45, 7) is 9.02. The van der Waals surface area contributed by atoms with Crippen LogP contribution in [0.15, 0.2) is 42.5 Å². The van der Waals surface area contributed by atoms with Crippen LogP contribution in [0.25, 0.3) is 0 Å². The lowest BCUT2D eigenvalue weighted by Crippen LogP contribution is -2.53. The minimum Gasteiger partial charge on any atom is -0.352 e. The third-order valence-electron chi connectivity index (χ3n) is 5.37. The molecule has 2 aromatic carbocycles. The lowest BCUT2D eigenvalue weighted by molar-refractivity contribution is -0.140. The molecule has 0 saturated heterocycles. The molecular formula is C25H34ClN3O4S. The number of halogens is 1. The van der Waals surface area contributed by atoms with Crippen LogP contribution in [0, 0.1) is 13.8 Å². The number of hydrogen-bond acceptors (Lipinski definition) is 4. The molecule has 34 heavy (non-hydrogen) atoms. The maximum Gasteiger partial charge on any atom is 0.244 e. The van der Waals surface area contributed by atoms with Crippen LogP contribution >= 0.6 is 11.6 Å². The zero-order valence-electron chi connectivity index (χ0n) is 20.6. The highest BCUT2D eigenvalue weighted by molar-refractivity contribution is 7.92. The zero-order chi connectivity index (χ0) is 25.6. The van der Waals surface area contributed by atoms with E-state index in [-0.39, 0.29) is 18.5 Å². The van der Waals surface area contributed by atoms with Gasteiger partial charge in [-0.25, -0.2) is 8.42 Å². The Balaban J connectivity index is 2.46. The van der Waals surface area contributed by atoms with Crippen LogP contribution in [-0.2, 0) is 26.2 Å². The van der Waals surface area contributed by atoms with Crippen molar-refractivity contribution in [1.29, 1.82) is 0 Å². The van der Waals surface area contributed by atoms with E-state index in [0.29, 0.717) is 17.1 Å². The van der Waals surface area contributed by atoms with E-state index in [4.69, 9.17) is 11.6 Å². The van der Waals surface area contributed by atoms with Crippen LogP contribution in [0.3, 0.4) is 0 Å². The molecule has 1 atom stereocenters. The summed E-state index contributed by atoms with van der Waals surface area (Å²) in [4.78, 5) is 28.0. The fourth-order valence-corrected chi connectivity index (χ4v) is 4.67. The number of carbonyl (C=O) groups excluding carboxylic acids is 2. The van der Waals surface area contributed by atoms with E-state index >= 15 is 0 Å². The third-order valence-corrected chi connectivity index (χ3v) is 6.92. The van der Waals surface area contributed by atoms with Crippen LogP contribution in [-0.4, -0.2) is 50.0 Å². The van der Waals surface area contributed by atoms with Crippen molar-refractivity contribution in [3.05, 3.63) is 64.2 Å². The van der Waals surface area contributed by atoms with Crippen molar-refractivity contribution in [2.24, 2.45) is 0 Å². The number of sulfonamides is 1. The Morgan fingerprint density at radius 3 is 2.29 bits per heavy atom. The number of aryl methyl sites for hydroxylation is 2. The SMILES string of the molecule is CC[C@@H](C(=O)NC(C)C)N(Cc1cccc(C)c1)C(=O)CN(c1ccc(C)c(Cl)c1)S(C)(=O)=O. The van der Waals surface area contributed by atoms with Crippen LogP contribution < -0.4 is 9.62 Å². The first-order valence-corrected chi connectivity index (χ1v) is 13.4. The van der Waals surface area contributed by atoms with Gasteiger partial charge in [-0.2, -0.15) is 0 Å². The molecule has 7 nitrogen and oxygen atoms in total. The Hall–Kier alpha value is -2.58. The monoisotopic (exact) mass is 507 g/mol. The Morgan fingerprint density at radius 1 is 1.09 bits per heavy atom. The van der Waals surface area contributed by atoms with E-state index in [1.165, 1.54) is 11.0 Å². The average Bonchev–Trinajstić information content (AvgIpc) is 2.72. The molecule has 0 unspecified atom stereocenters. The van der Waals surface area contributed by atoms with Gasteiger partial charge in [0.15, 0.2) is 0 Å². The van der Waals surface area contributed by atoms with Crippen molar-refractivity contribution in [2.75, 3.05) is 17.1 Å². The molecule has 0 heterocycles. The van der Waals surface area contributed by atoms with E-state index in [1.54, 1.807) is 12.1 Å². The second-order valence-corrected chi connectivity index (χ2v) is 11.1. The normalized spacial score (nSPS) is 12.4. The second kappa shape index (κ2) is 11.7. The number of nitrogens with one attached hydrogen (secondary N) is 1. The van der Waals surface area contributed by atoms with Gasteiger partial charge in [0, 0.05) is 17.6 Å². The fraction of sp³-hybridized carbons (Fsp3) is 0.440. The molecule has 2 amide bonds. The van der Waals surface area contributed by atoms with Crippen molar-refractivity contribution in [1.82, 2.24) is 10.2 Å².